The lowest BCUT2D eigenvalue weighted by Crippen LogP contribution is -1.98. The number of benzene rings is 1. The number of nitrogens with two attached hydrogens (primary N) is 1. The average Bonchev–Trinajstić information content (AvgIpc) is 3.08. The summed E-state index contributed by atoms with van der Waals surface area (Å²) >= 11 is 0. The molecule has 2 aromatic heterocycles. The first kappa shape index (κ1) is 13.3. The van der Waals surface area contributed by atoms with Crippen molar-refractivity contribution in [3.63, 3.8) is 0 Å². The van der Waals surface area contributed by atoms with E-state index < -0.39 is 0 Å². The Morgan fingerprint density at radius 1 is 1.29 bits per heavy atom. The molecule has 2 heterocycles. The van der Waals surface area contributed by atoms with Crippen LogP contribution < -0.4 is 10.5 Å². The fourth-order valence-corrected chi connectivity index (χ4v) is 2.41. The molecule has 0 aliphatic heterocycles. The predicted octanol–water partition coefficient (Wildman–Crippen LogP) is 3.25. The molecule has 0 unspecified atom stereocenters. The second-order valence-electron chi connectivity index (χ2n) is 4.91. The van der Waals surface area contributed by atoms with Crippen molar-refractivity contribution in [3.8, 4) is 28.3 Å². The minimum atomic E-state index is 0.574. The molecule has 0 saturated heterocycles. The highest BCUT2D eigenvalue weighted by atomic mass is 16.5. The Bertz CT molecular complexity index is 773. The summed E-state index contributed by atoms with van der Waals surface area (Å²) in [5.74, 6) is 2.01. The van der Waals surface area contributed by atoms with Crippen LogP contribution >= 0.6 is 0 Å². The fraction of sp³-hybridized carbons (Fsp3) is 0.188. The molecule has 0 amide bonds. The maximum atomic E-state index is 6.22. The van der Waals surface area contributed by atoms with Gasteiger partial charge in [-0.1, -0.05) is 11.6 Å². The van der Waals surface area contributed by atoms with Gasteiger partial charge in [-0.2, -0.15) is 5.10 Å². The summed E-state index contributed by atoms with van der Waals surface area (Å²) < 4.78 is 12.6. The van der Waals surface area contributed by atoms with Crippen LogP contribution in [0.1, 0.15) is 5.56 Å². The number of aromatic nitrogens is 2. The summed E-state index contributed by atoms with van der Waals surface area (Å²) in [6.45, 7) is 2.03. The molecule has 0 bridgehead atoms. The normalized spacial score (nSPS) is 10.8. The molecule has 0 aliphatic carbocycles. The van der Waals surface area contributed by atoms with E-state index in [2.05, 4.69) is 5.10 Å². The van der Waals surface area contributed by atoms with Crippen molar-refractivity contribution in [2.75, 3.05) is 12.8 Å². The summed E-state index contributed by atoms with van der Waals surface area (Å²) in [5, 5.41) is 4.48. The first-order chi connectivity index (χ1) is 10.1. The number of hydrogen-bond donors (Lipinski definition) is 1. The first-order valence-electron chi connectivity index (χ1n) is 6.63. The summed E-state index contributed by atoms with van der Waals surface area (Å²) in [6.07, 6.45) is 1.62. The van der Waals surface area contributed by atoms with Crippen molar-refractivity contribution in [1.29, 1.82) is 0 Å². The molecular weight excluding hydrogens is 266 g/mol. The zero-order valence-corrected chi connectivity index (χ0v) is 12.3. The monoisotopic (exact) mass is 283 g/mol. The highest BCUT2D eigenvalue weighted by Crippen LogP contribution is 2.40. The molecule has 108 valence electrons. The van der Waals surface area contributed by atoms with Crippen LogP contribution in [0.4, 0.5) is 5.82 Å². The van der Waals surface area contributed by atoms with E-state index in [-0.39, 0.29) is 0 Å². The van der Waals surface area contributed by atoms with Crippen LogP contribution in [0.2, 0.25) is 0 Å². The molecule has 0 saturated carbocycles. The van der Waals surface area contributed by atoms with Crippen LogP contribution in [0.5, 0.6) is 5.75 Å². The Morgan fingerprint density at radius 3 is 2.76 bits per heavy atom. The molecule has 0 atom stereocenters. The molecular formula is C16H17N3O2. The van der Waals surface area contributed by atoms with E-state index in [4.69, 9.17) is 14.9 Å². The zero-order chi connectivity index (χ0) is 15.0. The van der Waals surface area contributed by atoms with Crippen molar-refractivity contribution in [3.05, 3.63) is 42.2 Å². The predicted molar refractivity (Wildman–Crippen MR) is 82.0 cm³/mol. The molecule has 21 heavy (non-hydrogen) atoms. The molecule has 1 aromatic carbocycles. The topological polar surface area (TPSA) is 66.2 Å². The summed E-state index contributed by atoms with van der Waals surface area (Å²) in [4.78, 5) is 0. The van der Waals surface area contributed by atoms with E-state index in [0.717, 1.165) is 22.4 Å². The van der Waals surface area contributed by atoms with Crippen molar-refractivity contribution >= 4 is 5.82 Å². The molecule has 0 fully saturated rings. The highest BCUT2D eigenvalue weighted by molar-refractivity contribution is 5.89. The van der Waals surface area contributed by atoms with Crippen LogP contribution in [-0.2, 0) is 7.05 Å². The van der Waals surface area contributed by atoms with Crippen LogP contribution in [0.3, 0.4) is 0 Å². The van der Waals surface area contributed by atoms with E-state index >= 15 is 0 Å². The number of nitrogens with zero attached hydrogens (tertiary/aromatic N) is 2. The van der Waals surface area contributed by atoms with Crippen LogP contribution in [0, 0.1) is 6.92 Å². The summed E-state index contributed by atoms with van der Waals surface area (Å²) in [5.41, 5.74) is 9.79. The van der Waals surface area contributed by atoms with E-state index in [1.807, 2.05) is 44.3 Å². The number of furan rings is 1. The smallest absolute Gasteiger partial charge is 0.154 e. The minimum Gasteiger partial charge on any atom is -0.496 e. The van der Waals surface area contributed by atoms with Crippen molar-refractivity contribution in [2.24, 2.45) is 7.05 Å². The van der Waals surface area contributed by atoms with Gasteiger partial charge in [0.15, 0.2) is 5.76 Å². The van der Waals surface area contributed by atoms with Crippen molar-refractivity contribution in [2.45, 2.75) is 6.92 Å². The number of rotatable bonds is 3. The van der Waals surface area contributed by atoms with Gasteiger partial charge in [-0.15, -0.1) is 0 Å². The van der Waals surface area contributed by atoms with Crippen molar-refractivity contribution < 1.29 is 9.15 Å². The minimum absolute atomic E-state index is 0.574. The van der Waals surface area contributed by atoms with Gasteiger partial charge in [-0.05, 0) is 31.2 Å². The maximum absolute atomic E-state index is 6.22. The van der Waals surface area contributed by atoms with Gasteiger partial charge in [0.05, 0.1) is 18.9 Å². The lowest BCUT2D eigenvalue weighted by atomic mass is 10.0. The van der Waals surface area contributed by atoms with Gasteiger partial charge in [-0.3, -0.25) is 4.68 Å². The Labute approximate surface area is 122 Å². The summed E-state index contributed by atoms with van der Waals surface area (Å²) in [7, 11) is 3.46. The van der Waals surface area contributed by atoms with Gasteiger partial charge in [0, 0.05) is 12.6 Å². The fourth-order valence-electron chi connectivity index (χ4n) is 2.41. The molecule has 3 rings (SSSR count). The molecule has 0 radical (unpaired) electrons. The average molecular weight is 283 g/mol. The number of ether oxygens (including phenoxy) is 1. The Hall–Kier alpha value is -2.69. The molecule has 5 nitrogen and oxygen atoms in total. The van der Waals surface area contributed by atoms with Gasteiger partial charge >= 0.3 is 0 Å². The van der Waals surface area contributed by atoms with E-state index in [9.17, 15) is 0 Å². The third-order valence-electron chi connectivity index (χ3n) is 3.47. The SMILES string of the molecule is COc1ccc(C)cc1-c1c(-c2ccco2)nn(C)c1N. The van der Waals surface area contributed by atoms with Gasteiger partial charge < -0.3 is 14.9 Å². The molecule has 5 heteroatoms. The molecule has 3 aromatic rings. The maximum Gasteiger partial charge on any atom is 0.154 e. The van der Waals surface area contributed by atoms with E-state index in [0.29, 0.717) is 17.3 Å². The number of methoxy groups -OCH3 is 1. The lowest BCUT2D eigenvalue weighted by Gasteiger charge is -2.10. The third kappa shape index (κ3) is 2.16. The van der Waals surface area contributed by atoms with Gasteiger partial charge in [-0.25, -0.2) is 0 Å². The second kappa shape index (κ2) is 5.01. The van der Waals surface area contributed by atoms with Crippen LogP contribution in [-0.4, -0.2) is 16.9 Å². The lowest BCUT2D eigenvalue weighted by molar-refractivity contribution is 0.416. The van der Waals surface area contributed by atoms with Crippen LogP contribution in [0.15, 0.2) is 41.0 Å². The quantitative estimate of drug-likeness (QED) is 0.801. The van der Waals surface area contributed by atoms with Crippen LogP contribution in [0.25, 0.3) is 22.6 Å². The molecule has 2 N–H and O–H groups in total. The van der Waals surface area contributed by atoms with Gasteiger partial charge in [0.2, 0.25) is 0 Å². The van der Waals surface area contributed by atoms with Gasteiger partial charge in [0.25, 0.3) is 0 Å². The number of anilines is 1. The second-order valence-corrected chi connectivity index (χ2v) is 4.91. The zero-order valence-electron chi connectivity index (χ0n) is 12.3. The first-order valence-corrected chi connectivity index (χ1v) is 6.63. The highest BCUT2D eigenvalue weighted by Gasteiger charge is 2.21. The number of aryl methyl sites for hydroxylation is 2. The Morgan fingerprint density at radius 2 is 2.10 bits per heavy atom. The third-order valence-corrected chi connectivity index (χ3v) is 3.47. The van der Waals surface area contributed by atoms with Crippen molar-refractivity contribution in [1.82, 2.24) is 9.78 Å². The summed E-state index contributed by atoms with van der Waals surface area (Å²) in [6, 6.07) is 9.67. The molecule has 0 spiro atoms. The van der Waals surface area contributed by atoms with Gasteiger partial charge in [0.1, 0.15) is 17.3 Å². The Kier molecular flexibility index (Phi) is 3.17. The number of hydrogen-bond acceptors (Lipinski definition) is 4. The number of nitrogen functional groups attached to an aromatic ring is 1. The molecule has 0 aliphatic rings. The largest absolute Gasteiger partial charge is 0.496 e. The van der Waals surface area contributed by atoms with E-state index in [1.165, 1.54) is 0 Å². The Balaban J connectivity index is 2.30. The van der Waals surface area contributed by atoms with E-state index in [1.54, 1.807) is 18.1 Å². The standard InChI is InChI=1S/C16H17N3O2/c1-10-6-7-12(20-3)11(9-10)14-15(13-5-4-8-21-13)18-19(2)16(14)17/h4-9H,17H2,1-3H3.